The molecule has 0 N–H and O–H groups in total. The number of nitriles is 1. The summed E-state index contributed by atoms with van der Waals surface area (Å²) in [4.78, 5) is 0. The number of halogens is 1. The van der Waals surface area contributed by atoms with Gasteiger partial charge in [0.15, 0.2) is 5.03 Å². The van der Waals surface area contributed by atoms with Gasteiger partial charge >= 0.3 is 0 Å². The van der Waals surface area contributed by atoms with Crippen molar-refractivity contribution >= 4 is 21.6 Å². The molecule has 19 heavy (non-hydrogen) atoms. The summed E-state index contributed by atoms with van der Waals surface area (Å²) < 4.78 is 27.8. The Bertz CT molecular complexity index is 579. The lowest BCUT2D eigenvalue weighted by atomic mass is 10.2. The van der Waals surface area contributed by atoms with E-state index in [4.69, 9.17) is 16.9 Å². The quantitative estimate of drug-likeness (QED) is 0.790. The van der Waals surface area contributed by atoms with E-state index in [-0.39, 0.29) is 22.6 Å². The number of nitrogens with zero attached hydrogens (tertiary/aromatic N) is 4. The van der Waals surface area contributed by atoms with E-state index < -0.39 is 10.0 Å². The molecule has 0 spiro atoms. The first-order valence-electron chi connectivity index (χ1n) is 6.04. The van der Waals surface area contributed by atoms with Gasteiger partial charge in [-0.1, -0.05) is 24.4 Å². The largest absolute Gasteiger partial charge is 0.262 e. The number of sulfonamides is 1. The Morgan fingerprint density at radius 2 is 2.21 bits per heavy atom. The van der Waals surface area contributed by atoms with Crippen LogP contribution in [-0.2, 0) is 17.1 Å². The molecule has 1 saturated carbocycles. The van der Waals surface area contributed by atoms with Crippen LogP contribution in [0.25, 0.3) is 0 Å². The molecule has 8 heteroatoms. The van der Waals surface area contributed by atoms with Gasteiger partial charge in [-0.2, -0.15) is 14.7 Å². The summed E-state index contributed by atoms with van der Waals surface area (Å²) in [6.45, 7) is -0.158. The van der Waals surface area contributed by atoms with Gasteiger partial charge in [0.1, 0.15) is 6.54 Å². The van der Waals surface area contributed by atoms with Crippen molar-refractivity contribution in [1.82, 2.24) is 14.1 Å². The van der Waals surface area contributed by atoms with Gasteiger partial charge in [-0.05, 0) is 12.8 Å². The smallest absolute Gasteiger partial charge is 0.255 e. The van der Waals surface area contributed by atoms with Crippen LogP contribution in [0.5, 0.6) is 0 Å². The third-order valence-corrected chi connectivity index (χ3v) is 5.76. The van der Waals surface area contributed by atoms with Gasteiger partial charge < -0.3 is 0 Å². The van der Waals surface area contributed by atoms with Crippen molar-refractivity contribution in [2.75, 3.05) is 6.54 Å². The van der Waals surface area contributed by atoms with Gasteiger partial charge in [0, 0.05) is 13.1 Å². The van der Waals surface area contributed by atoms with Crippen LogP contribution in [0, 0.1) is 11.3 Å². The van der Waals surface area contributed by atoms with E-state index in [0.717, 1.165) is 25.7 Å². The predicted molar refractivity (Wildman–Crippen MR) is 70.0 cm³/mol. The lowest BCUT2D eigenvalue weighted by Crippen LogP contribution is -2.40. The third kappa shape index (κ3) is 2.61. The van der Waals surface area contributed by atoms with Crippen LogP contribution in [0.3, 0.4) is 0 Å². The second-order valence-electron chi connectivity index (χ2n) is 4.57. The van der Waals surface area contributed by atoms with E-state index in [1.165, 1.54) is 22.2 Å². The van der Waals surface area contributed by atoms with E-state index in [9.17, 15) is 8.42 Å². The van der Waals surface area contributed by atoms with Gasteiger partial charge in [0.2, 0.25) is 0 Å². The fourth-order valence-electron chi connectivity index (χ4n) is 2.47. The minimum Gasteiger partial charge on any atom is -0.255 e. The summed E-state index contributed by atoms with van der Waals surface area (Å²) in [5.41, 5.74) is 0. The highest BCUT2D eigenvalue weighted by Gasteiger charge is 2.36. The van der Waals surface area contributed by atoms with E-state index in [1.54, 1.807) is 0 Å². The van der Waals surface area contributed by atoms with E-state index in [2.05, 4.69) is 5.10 Å². The maximum absolute atomic E-state index is 12.6. The van der Waals surface area contributed by atoms with Gasteiger partial charge in [0.05, 0.1) is 17.3 Å². The van der Waals surface area contributed by atoms with E-state index in [1.807, 2.05) is 6.07 Å². The number of hydrogen-bond donors (Lipinski definition) is 0. The Kier molecular flexibility index (Phi) is 4.13. The normalized spacial score (nSPS) is 16.9. The molecule has 1 aliphatic rings. The van der Waals surface area contributed by atoms with Crippen molar-refractivity contribution in [1.29, 1.82) is 5.26 Å². The van der Waals surface area contributed by atoms with Gasteiger partial charge in [-0.15, -0.1) is 0 Å². The lowest BCUT2D eigenvalue weighted by Gasteiger charge is -2.25. The first kappa shape index (κ1) is 14.3. The molecule has 0 saturated heterocycles. The molecule has 0 aliphatic heterocycles. The molecule has 0 atom stereocenters. The van der Waals surface area contributed by atoms with Gasteiger partial charge in [0.25, 0.3) is 10.0 Å². The fourth-order valence-corrected chi connectivity index (χ4v) is 4.66. The molecule has 1 heterocycles. The van der Waals surface area contributed by atoms with Crippen LogP contribution in [0.2, 0.25) is 5.02 Å². The second kappa shape index (κ2) is 5.49. The number of aryl methyl sites for hydroxylation is 1. The van der Waals surface area contributed by atoms with Crippen LogP contribution in [-0.4, -0.2) is 35.1 Å². The number of aromatic nitrogens is 2. The van der Waals surface area contributed by atoms with Crippen molar-refractivity contribution in [3.8, 4) is 6.07 Å². The molecule has 1 aliphatic carbocycles. The second-order valence-corrected chi connectivity index (χ2v) is 6.78. The molecule has 104 valence electrons. The maximum Gasteiger partial charge on any atom is 0.262 e. The van der Waals surface area contributed by atoms with Crippen LogP contribution in [0.15, 0.2) is 11.2 Å². The monoisotopic (exact) mass is 302 g/mol. The Balaban J connectivity index is 2.43. The van der Waals surface area contributed by atoms with Crippen molar-refractivity contribution in [3.05, 3.63) is 11.2 Å². The average molecular weight is 303 g/mol. The van der Waals surface area contributed by atoms with Gasteiger partial charge in [-0.3, -0.25) is 4.68 Å². The summed E-state index contributed by atoms with van der Waals surface area (Å²) in [6, 6.07) is 1.81. The summed E-state index contributed by atoms with van der Waals surface area (Å²) in [7, 11) is -2.26. The number of hydrogen-bond acceptors (Lipinski definition) is 4. The van der Waals surface area contributed by atoms with Gasteiger partial charge in [-0.25, -0.2) is 8.42 Å². The molecule has 0 amide bonds. The fraction of sp³-hybridized carbons (Fsp3) is 0.636. The average Bonchev–Trinajstić information content (AvgIpc) is 2.96. The minimum absolute atomic E-state index is 0.0451. The zero-order valence-corrected chi connectivity index (χ0v) is 12.2. The van der Waals surface area contributed by atoms with Crippen LogP contribution in [0.4, 0.5) is 0 Å². The molecule has 1 fully saturated rings. The molecule has 0 bridgehead atoms. The first-order chi connectivity index (χ1) is 8.98. The van der Waals surface area contributed by atoms with Crippen LogP contribution >= 0.6 is 11.6 Å². The summed E-state index contributed by atoms with van der Waals surface area (Å²) >= 11 is 5.91. The van der Waals surface area contributed by atoms with Crippen molar-refractivity contribution in [3.63, 3.8) is 0 Å². The van der Waals surface area contributed by atoms with Crippen LogP contribution < -0.4 is 0 Å². The Hall–Kier alpha value is -1.10. The molecule has 6 nitrogen and oxygen atoms in total. The molecule has 0 radical (unpaired) electrons. The Morgan fingerprint density at radius 3 is 2.68 bits per heavy atom. The SMILES string of the molecule is Cn1ncc(Cl)c1S(=O)(=O)N(CC#N)C1CCCC1. The van der Waals surface area contributed by atoms with Crippen molar-refractivity contribution in [2.45, 2.75) is 36.8 Å². The van der Waals surface area contributed by atoms with Crippen molar-refractivity contribution in [2.24, 2.45) is 7.05 Å². The zero-order valence-electron chi connectivity index (χ0n) is 10.6. The highest BCUT2D eigenvalue weighted by molar-refractivity contribution is 7.89. The summed E-state index contributed by atoms with van der Waals surface area (Å²) in [6.07, 6.45) is 4.85. The Morgan fingerprint density at radius 1 is 1.58 bits per heavy atom. The highest BCUT2D eigenvalue weighted by Crippen LogP contribution is 2.30. The van der Waals surface area contributed by atoms with E-state index >= 15 is 0 Å². The number of rotatable bonds is 4. The molecule has 2 rings (SSSR count). The minimum atomic E-state index is -3.79. The topological polar surface area (TPSA) is 79.0 Å². The third-order valence-electron chi connectivity index (χ3n) is 3.35. The predicted octanol–water partition coefficient (Wildman–Crippen LogP) is 1.53. The molecule has 0 unspecified atom stereocenters. The highest BCUT2D eigenvalue weighted by atomic mass is 35.5. The zero-order chi connectivity index (χ0) is 14.0. The van der Waals surface area contributed by atoms with E-state index in [0.29, 0.717) is 0 Å². The van der Waals surface area contributed by atoms with Crippen molar-refractivity contribution < 1.29 is 8.42 Å². The molecule has 1 aromatic rings. The summed E-state index contributed by atoms with van der Waals surface area (Å²) in [5.74, 6) is 0. The molecule has 0 aromatic carbocycles. The molecular weight excluding hydrogens is 288 g/mol. The molecule has 1 aromatic heterocycles. The molecular formula is C11H15ClN4O2S. The Labute approximate surface area is 117 Å². The van der Waals surface area contributed by atoms with Crippen LogP contribution in [0.1, 0.15) is 25.7 Å². The summed E-state index contributed by atoms with van der Waals surface area (Å²) in [5, 5.41) is 12.8. The standard InChI is InChI=1S/C11H15ClN4O2S/c1-15-11(10(12)8-14-15)19(17,18)16(7-6-13)9-4-2-3-5-9/h8-9H,2-5,7H2,1H3. The first-order valence-corrected chi connectivity index (χ1v) is 7.86. The maximum atomic E-state index is 12.6. The lowest BCUT2D eigenvalue weighted by molar-refractivity contribution is 0.347.